The molecule has 2 heteroatoms. The molecule has 1 aliphatic rings. The number of fused-ring (bicyclic) bond motifs is 7. The van der Waals surface area contributed by atoms with Crippen LogP contribution in [0.1, 0.15) is 25.0 Å². The van der Waals surface area contributed by atoms with Crippen LogP contribution in [0.4, 0.5) is 17.1 Å². The van der Waals surface area contributed by atoms with Crippen molar-refractivity contribution in [3.63, 3.8) is 0 Å². The molecular formula is C67H48N2. The lowest BCUT2D eigenvalue weighted by Gasteiger charge is -2.30. The van der Waals surface area contributed by atoms with Crippen molar-refractivity contribution >= 4 is 49.6 Å². The normalized spacial score (nSPS) is 12.6. The lowest BCUT2D eigenvalue weighted by Crippen LogP contribution is -2.14. The summed E-state index contributed by atoms with van der Waals surface area (Å²) in [5.74, 6) is 0. The van der Waals surface area contributed by atoms with Crippen molar-refractivity contribution in [2.45, 2.75) is 19.3 Å². The molecule has 0 bridgehead atoms. The summed E-state index contributed by atoms with van der Waals surface area (Å²) in [5.41, 5.74) is 21.7. The fraction of sp³-hybridized carbons (Fsp3) is 0.0448. The first kappa shape index (κ1) is 40.5. The maximum Gasteiger partial charge on any atom is 0.0547 e. The second kappa shape index (κ2) is 16.3. The molecule has 0 spiro atoms. The highest BCUT2D eigenvalue weighted by Crippen LogP contribution is 2.53. The average molecular weight is 881 g/mol. The fourth-order valence-electron chi connectivity index (χ4n) is 11.5. The van der Waals surface area contributed by atoms with Gasteiger partial charge in [0.15, 0.2) is 0 Å². The number of para-hydroxylation sites is 4. The lowest BCUT2D eigenvalue weighted by atomic mass is 9.82. The third-order valence-corrected chi connectivity index (χ3v) is 14.6. The topological polar surface area (TPSA) is 8.17 Å². The average Bonchev–Trinajstić information content (AvgIpc) is 3.88. The molecule has 0 saturated heterocycles. The van der Waals surface area contributed by atoms with Crippen molar-refractivity contribution in [1.82, 2.24) is 4.57 Å². The van der Waals surface area contributed by atoms with E-state index < -0.39 is 0 Å². The van der Waals surface area contributed by atoms with Gasteiger partial charge in [0.25, 0.3) is 0 Å². The minimum atomic E-state index is -0.0790. The molecule has 0 N–H and O–H groups in total. The fourth-order valence-corrected chi connectivity index (χ4v) is 11.5. The van der Waals surface area contributed by atoms with Crippen molar-refractivity contribution in [3.8, 4) is 61.3 Å². The molecule has 12 aromatic rings. The molecule has 326 valence electrons. The summed E-state index contributed by atoms with van der Waals surface area (Å²) in [6.45, 7) is 4.71. The first-order chi connectivity index (χ1) is 34.0. The van der Waals surface area contributed by atoms with Crippen LogP contribution in [-0.4, -0.2) is 4.57 Å². The molecule has 0 atom stereocenters. The van der Waals surface area contributed by atoms with Crippen LogP contribution in [0.2, 0.25) is 0 Å². The van der Waals surface area contributed by atoms with Gasteiger partial charge in [-0.25, -0.2) is 0 Å². The second-order valence-corrected chi connectivity index (χ2v) is 18.8. The quantitative estimate of drug-likeness (QED) is 0.148. The molecule has 0 saturated carbocycles. The Labute approximate surface area is 403 Å². The number of anilines is 3. The third-order valence-electron chi connectivity index (χ3n) is 14.6. The number of aromatic nitrogens is 1. The molecule has 13 rings (SSSR count). The van der Waals surface area contributed by atoms with Crippen molar-refractivity contribution in [3.05, 3.63) is 266 Å². The minimum Gasteiger partial charge on any atom is -0.309 e. The molecule has 11 aromatic carbocycles. The standard InChI is InChI=1S/C67H48N2/c1-67(2)58-35-13-9-29-56(58)65-51(32-19-36-59(65)67)46-41-43-49(44-42-46)68(60-37-14-10-27-52(60)54-33-18-24-47-23-17-31-50(64(47)54)45-21-5-3-6-22-45)61-38-15-11-28-53(61)55-34-20-40-63-66(55)57-30-12-16-39-62(57)69(63)48-25-7-4-8-26-48/h3-44H,1-2H3. The molecule has 0 amide bonds. The SMILES string of the molecule is CC1(C)c2ccccc2-c2c(-c3ccc(N(c4ccccc4-c4cccc5cccc(-c6ccccc6)c45)c4ccccc4-c4cccc5c4c4ccccc4n5-c4ccccc4)cc3)cccc21. The maximum absolute atomic E-state index is 2.50. The predicted molar refractivity (Wildman–Crippen MR) is 292 cm³/mol. The smallest absolute Gasteiger partial charge is 0.0547 e. The van der Waals surface area contributed by atoms with Crippen LogP contribution in [0, 0.1) is 0 Å². The maximum atomic E-state index is 2.50. The van der Waals surface area contributed by atoms with Gasteiger partial charge in [-0.05, 0) is 115 Å². The Hall–Kier alpha value is -8.72. The van der Waals surface area contributed by atoms with Gasteiger partial charge in [0.05, 0.1) is 22.4 Å². The highest BCUT2D eigenvalue weighted by atomic mass is 15.1. The van der Waals surface area contributed by atoms with Crippen LogP contribution in [0.25, 0.3) is 93.9 Å². The van der Waals surface area contributed by atoms with E-state index in [1.165, 1.54) is 88.2 Å². The van der Waals surface area contributed by atoms with E-state index in [0.717, 1.165) is 33.9 Å². The third kappa shape index (κ3) is 6.48. The van der Waals surface area contributed by atoms with E-state index in [2.05, 4.69) is 278 Å². The van der Waals surface area contributed by atoms with Gasteiger partial charge in [-0.15, -0.1) is 0 Å². The Kier molecular flexibility index (Phi) is 9.55. The highest BCUT2D eigenvalue weighted by Gasteiger charge is 2.36. The van der Waals surface area contributed by atoms with Gasteiger partial charge < -0.3 is 9.47 Å². The van der Waals surface area contributed by atoms with E-state index >= 15 is 0 Å². The molecule has 1 heterocycles. The number of nitrogens with zero attached hydrogens (tertiary/aromatic N) is 2. The van der Waals surface area contributed by atoms with Crippen LogP contribution in [-0.2, 0) is 5.41 Å². The van der Waals surface area contributed by atoms with E-state index in [4.69, 9.17) is 0 Å². The molecular weight excluding hydrogens is 833 g/mol. The summed E-state index contributed by atoms with van der Waals surface area (Å²) in [7, 11) is 0. The second-order valence-electron chi connectivity index (χ2n) is 18.8. The summed E-state index contributed by atoms with van der Waals surface area (Å²) in [6.07, 6.45) is 0. The van der Waals surface area contributed by atoms with Crippen molar-refractivity contribution in [2.75, 3.05) is 4.90 Å². The Morgan fingerprint density at radius 2 is 0.826 bits per heavy atom. The zero-order valence-corrected chi connectivity index (χ0v) is 38.6. The summed E-state index contributed by atoms with van der Waals surface area (Å²) in [4.78, 5) is 2.50. The van der Waals surface area contributed by atoms with Crippen LogP contribution >= 0.6 is 0 Å². The number of rotatable bonds is 8. The number of hydrogen-bond acceptors (Lipinski definition) is 1. The monoisotopic (exact) mass is 880 g/mol. The first-order valence-electron chi connectivity index (χ1n) is 24.0. The summed E-state index contributed by atoms with van der Waals surface area (Å²) in [5, 5.41) is 4.90. The number of hydrogen-bond donors (Lipinski definition) is 0. The van der Waals surface area contributed by atoms with Crippen molar-refractivity contribution in [1.29, 1.82) is 0 Å². The Morgan fingerprint density at radius 3 is 1.55 bits per heavy atom. The van der Waals surface area contributed by atoms with Gasteiger partial charge in [0.2, 0.25) is 0 Å². The van der Waals surface area contributed by atoms with Crippen molar-refractivity contribution in [2.24, 2.45) is 0 Å². The largest absolute Gasteiger partial charge is 0.309 e. The highest BCUT2D eigenvalue weighted by molar-refractivity contribution is 6.17. The molecule has 2 nitrogen and oxygen atoms in total. The first-order valence-corrected chi connectivity index (χ1v) is 24.0. The van der Waals surface area contributed by atoms with Gasteiger partial charge in [-0.1, -0.05) is 220 Å². The lowest BCUT2D eigenvalue weighted by molar-refractivity contribution is 0.660. The van der Waals surface area contributed by atoms with E-state index in [0.29, 0.717) is 0 Å². The van der Waals surface area contributed by atoms with Gasteiger partial charge >= 0.3 is 0 Å². The molecule has 0 aliphatic heterocycles. The Morgan fingerprint density at radius 1 is 0.333 bits per heavy atom. The van der Waals surface area contributed by atoms with Crippen LogP contribution in [0.15, 0.2) is 255 Å². The zero-order valence-electron chi connectivity index (χ0n) is 38.6. The number of benzene rings is 11. The molecule has 0 fully saturated rings. The minimum absolute atomic E-state index is 0.0790. The van der Waals surface area contributed by atoms with Crippen molar-refractivity contribution < 1.29 is 0 Å². The van der Waals surface area contributed by atoms with Gasteiger partial charge in [0.1, 0.15) is 0 Å². The Balaban J connectivity index is 1.05. The zero-order chi connectivity index (χ0) is 46.1. The van der Waals surface area contributed by atoms with E-state index in [-0.39, 0.29) is 5.41 Å². The molecule has 0 radical (unpaired) electrons. The van der Waals surface area contributed by atoms with E-state index in [1.807, 2.05) is 0 Å². The summed E-state index contributed by atoms with van der Waals surface area (Å²) >= 11 is 0. The van der Waals surface area contributed by atoms with Gasteiger partial charge in [-0.2, -0.15) is 0 Å². The van der Waals surface area contributed by atoms with Crippen LogP contribution in [0.3, 0.4) is 0 Å². The molecule has 1 aromatic heterocycles. The van der Waals surface area contributed by atoms with E-state index in [9.17, 15) is 0 Å². The van der Waals surface area contributed by atoms with Gasteiger partial charge in [0, 0.05) is 38.7 Å². The van der Waals surface area contributed by atoms with Crippen LogP contribution < -0.4 is 4.90 Å². The summed E-state index contributed by atoms with van der Waals surface area (Å²) < 4.78 is 2.41. The molecule has 0 unspecified atom stereocenters. The molecule has 69 heavy (non-hydrogen) atoms. The Bertz CT molecular complexity index is 3910. The van der Waals surface area contributed by atoms with Crippen LogP contribution in [0.5, 0.6) is 0 Å². The van der Waals surface area contributed by atoms with Gasteiger partial charge in [-0.3, -0.25) is 0 Å². The molecule has 1 aliphatic carbocycles. The summed E-state index contributed by atoms with van der Waals surface area (Å²) in [6, 6.07) is 93.7. The predicted octanol–water partition coefficient (Wildman–Crippen LogP) is 18.4. The van der Waals surface area contributed by atoms with E-state index in [1.54, 1.807) is 0 Å².